The van der Waals surface area contributed by atoms with Gasteiger partial charge in [-0.15, -0.1) is 0 Å². The zero-order valence-corrected chi connectivity index (χ0v) is 12.3. The molecule has 1 aromatic carbocycles. The fourth-order valence-electron chi connectivity index (χ4n) is 2.31. The first kappa shape index (κ1) is 13.4. The quantitative estimate of drug-likeness (QED) is 0.770. The number of aromatic nitrogens is 4. The van der Waals surface area contributed by atoms with Gasteiger partial charge in [-0.05, 0) is 32.4 Å². The zero-order chi connectivity index (χ0) is 15.0. The van der Waals surface area contributed by atoms with Crippen molar-refractivity contribution in [3.8, 4) is 0 Å². The molecule has 0 aliphatic carbocycles. The first-order valence-corrected chi connectivity index (χ1v) is 6.79. The number of aromatic amines is 1. The largest absolute Gasteiger partial charge is 0.378 e. The van der Waals surface area contributed by atoms with E-state index in [2.05, 4.69) is 46.4 Å². The van der Waals surface area contributed by atoms with Gasteiger partial charge in [-0.2, -0.15) is 9.50 Å². The summed E-state index contributed by atoms with van der Waals surface area (Å²) in [6, 6.07) is 7.70. The SMILES string of the molecule is Cc1ccc(NCc2nc3nc(C)cc(=O)n3[nH]2)c(C)c1. The molecule has 0 radical (unpaired) electrons. The molecular formula is C15H17N5O. The van der Waals surface area contributed by atoms with E-state index in [0.29, 0.717) is 23.8 Å². The Labute approximate surface area is 121 Å². The average molecular weight is 283 g/mol. The van der Waals surface area contributed by atoms with Crippen LogP contribution in [0.15, 0.2) is 29.1 Å². The molecule has 0 bridgehead atoms. The van der Waals surface area contributed by atoms with E-state index in [1.54, 1.807) is 6.92 Å². The van der Waals surface area contributed by atoms with Crippen molar-refractivity contribution in [1.82, 2.24) is 19.6 Å². The van der Waals surface area contributed by atoms with Crippen molar-refractivity contribution >= 4 is 11.5 Å². The van der Waals surface area contributed by atoms with Crippen molar-refractivity contribution in [2.24, 2.45) is 0 Å². The van der Waals surface area contributed by atoms with Crippen LogP contribution < -0.4 is 10.9 Å². The van der Waals surface area contributed by atoms with Gasteiger partial charge in [-0.25, -0.2) is 4.98 Å². The molecule has 3 aromatic rings. The van der Waals surface area contributed by atoms with Crippen LogP contribution >= 0.6 is 0 Å². The van der Waals surface area contributed by atoms with Crippen LogP contribution in [-0.2, 0) is 6.54 Å². The first-order chi connectivity index (χ1) is 10.0. The first-order valence-electron chi connectivity index (χ1n) is 6.79. The van der Waals surface area contributed by atoms with Crippen LogP contribution in [0.4, 0.5) is 5.69 Å². The van der Waals surface area contributed by atoms with E-state index < -0.39 is 0 Å². The van der Waals surface area contributed by atoms with E-state index >= 15 is 0 Å². The van der Waals surface area contributed by atoms with Crippen LogP contribution in [0.3, 0.4) is 0 Å². The number of hydrogen-bond acceptors (Lipinski definition) is 4. The Hall–Kier alpha value is -2.63. The van der Waals surface area contributed by atoms with Crippen LogP contribution in [0.25, 0.3) is 5.78 Å². The van der Waals surface area contributed by atoms with Gasteiger partial charge < -0.3 is 5.32 Å². The van der Waals surface area contributed by atoms with Crippen LogP contribution in [0, 0.1) is 20.8 Å². The van der Waals surface area contributed by atoms with E-state index in [1.807, 2.05) is 6.07 Å². The van der Waals surface area contributed by atoms with Crippen molar-refractivity contribution in [3.05, 3.63) is 57.3 Å². The summed E-state index contributed by atoms with van der Waals surface area (Å²) < 4.78 is 1.35. The van der Waals surface area contributed by atoms with Crippen molar-refractivity contribution in [1.29, 1.82) is 0 Å². The summed E-state index contributed by atoms with van der Waals surface area (Å²) in [7, 11) is 0. The number of fused-ring (bicyclic) bond motifs is 1. The molecule has 6 heteroatoms. The molecule has 108 valence electrons. The third-order valence-corrected chi connectivity index (χ3v) is 3.33. The molecule has 0 unspecified atom stereocenters. The topological polar surface area (TPSA) is 75.1 Å². The van der Waals surface area contributed by atoms with Gasteiger partial charge in [0.25, 0.3) is 11.3 Å². The lowest BCUT2D eigenvalue weighted by atomic mass is 10.1. The lowest BCUT2D eigenvalue weighted by molar-refractivity contribution is 0.852. The van der Waals surface area contributed by atoms with Crippen LogP contribution in [0.2, 0.25) is 0 Å². The van der Waals surface area contributed by atoms with Crippen LogP contribution in [-0.4, -0.2) is 19.6 Å². The number of hydrogen-bond donors (Lipinski definition) is 2. The molecule has 0 saturated carbocycles. The molecule has 0 aliphatic heterocycles. The number of aryl methyl sites for hydroxylation is 3. The van der Waals surface area contributed by atoms with Gasteiger partial charge in [-0.3, -0.25) is 9.89 Å². The average Bonchev–Trinajstić information content (AvgIpc) is 2.81. The second-order valence-electron chi connectivity index (χ2n) is 5.21. The summed E-state index contributed by atoms with van der Waals surface area (Å²) in [5.41, 5.74) is 3.98. The maximum Gasteiger partial charge on any atom is 0.274 e. The predicted molar refractivity (Wildman–Crippen MR) is 81.6 cm³/mol. The van der Waals surface area contributed by atoms with E-state index in [0.717, 1.165) is 5.69 Å². The minimum Gasteiger partial charge on any atom is -0.378 e. The standard InChI is InChI=1S/C15H17N5O/c1-9-4-5-12(10(2)6-9)16-8-13-18-15-17-11(3)7-14(21)20(15)19-13/h4-7,16H,8H2,1-3H3,(H,17,18,19). The minimum absolute atomic E-state index is 0.150. The van der Waals surface area contributed by atoms with Gasteiger partial charge in [0, 0.05) is 17.4 Å². The highest BCUT2D eigenvalue weighted by Crippen LogP contribution is 2.16. The number of H-pyrrole nitrogens is 1. The molecular weight excluding hydrogens is 266 g/mol. The molecule has 6 nitrogen and oxygen atoms in total. The Bertz CT molecular complexity index is 862. The Morgan fingerprint density at radius 3 is 2.76 bits per heavy atom. The van der Waals surface area contributed by atoms with Crippen molar-refractivity contribution in [3.63, 3.8) is 0 Å². The maximum atomic E-state index is 11.8. The van der Waals surface area contributed by atoms with E-state index in [-0.39, 0.29) is 5.56 Å². The summed E-state index contributed by atoms with van der Waals surface area (Å²) in [6.07, 6.45) is 0. The van der Waals surface area contributed by atoms with Crippen molar-refractivity contribution in [2.75, 3.05) is 5.32 Å². The lowest BCUT2D eigenvalue weighted by Crippen LogP contribution is -2.14. The molecule has 2 N–H and O–H groups in total. The third-order valence-electron chi connectivity index (χ3n) is 3.33. The molecule has 0 atom stereocenters. The van der Waals surface area contributed by atoms with Crippen LogP contribution in [0.1, 0.15) is 22.6 Å². The fourth-order valence-corrected chi connectivity index (χ4v) is 2.31. The molecule has 0 fully saturated rings. The van der Waals surface area contributed by atoms with Crippen LogP contribution in [0.5, 0.6) is 0 Å². The fraction of sp³-hybridized carbons (Fsp3) is 0.267. The van der Waals surface area contributed by atoms with Gasteiger partial charge in [0.1, 0.15) is 5.82 Å². The number of rotatable bonds is 3. The molecule has 0 aliphatic rings. The summed E-state index contributed by atoms with van der Waals surface area (Å²) in [4.78, 5) is 20.4. The smallest absolute Gasteiger partial charge is 0.274 e. The van der Waals surface area contributed by atoms with E-state index in [4.69, 9.17) is 0 Å². The van der Waals surface area contributed by atoms with Gasteiger partial charge in [0.15, 0.2) is 0 Å². The maximum absolute atomic E-state index is 11.8. The highest BCUT2D eigenvalue weighted by molar-refractivity contribution is 5.51. The van der Waals surface area contributed by atoms with Gasteiger partial charge in [0.05, 0.1) is 6.54 Å². The van der Waals surface area contributed by atoms with Gasteiger partial charge >= 0.3 is 0 Å². The second kappa shape index (κ2) is 5.05. The van der Waals surface area contributed by atoms with Crippen molar-refractivity contribution in [2.45, 2.75) is 27.3 Å². The summed E-state index contributed by atoms with van der Waals surface area (Å²) >= 11 is 0. The molecule has 2 aromatic heterocycles. The molecule has 0 saturated heterocycles. The van der Waals surface area contributed by atoms with E-state index in [1.165, 1.54) is 21.7 Å². The number of benzene rings is 1. The number of anilines is 1. The molecule has 0 spiro atoms. The highest BCUT2D eigenvalue weighted by atomic mass is 16.1. The monoisotopic (exact) mass is 283 g/mol. The number of nitrogens with one attached hydrogen (secondary N) is 2. The van der Waals surface area contributed by atoms with Crippen molar-refractivity contribution < 1.29 is 0 Å². The Balaban J connectivity index is 1.85. The zero-order valence-electron chi connectivity index (χ0n) is 12.3. The summed E-state index contributed by atoms with van der Waals surface area (Å²) in [5, 5.41) is 6.27. The predicted octanol–water partition coefficient (Wildman–Crippen LogP) is 1.95. The minimum atomic E-state index is -0.150. The Morgan fingerprint density at radius 2 is 2.00 bits per heavy atom. The normalized spacial score (nSPS) is 11.0. The van der Waals surface area contributed by atoms with Gasteiger partial charge in [-0.1, -0.05) is 17.7 Å². The molecule has 2 heterocycles. The second-order valence-corrected chi connectivity index (χ2v) is 5.21. The molecule has 21 heavy (non-hydrogen) atoms. The third kappa shape index (κ3) is 2.65. The molecule has 3 rings (SSSR count). The Kier molecular flexibility index (Phi) is 3.21. The summed E-state index contributed by atoms with van der Waals surface area (Å²) in [6.45, 7) is 6.41. The van der Waals surface area contributed by atoms with E-state index in [9.17, 15) is 4.79 Å². The van der Waals surface area contributed by atoms with Gasteiger partial charge in [0.2, 0.25) is 0 Å². The Morgan fingerprint density at radius 1 is 1.19 bits per heavy atom. The molecule has 0 amide bonds. The lowest BCUT2D eigenvalue weighted by Gasteiger charge is -2.08. The summed E-state index contributed by atoms with van der Waals surface area (Å²) in [5.74, 6) is 1.07. The number of nitrogens with zero attached hydrogens (tertiary/aromatic N) is 3. The highest BCUT2D eigenvalue weighted by Gasteiger charge is 2.06.